The standard InChI is InChI=1S/C7H17B/c1-4-5-7(2)6-8-3/h7H,3-6,8H2,1-2H3. The van der Waals surface area contributed by atoms with Gasteiger partial charge in [-0.3, -0.25) is 0 Å². The summed E-state index contributed by atoms with van der Waals surface area (Å²) in [5.74, 6) is 0.956. The van der Waals surface area contributed by atoms with Gasteiger partial charge in [0.2, 0.25) is 0 Å². The van der Waals surface area contributed by atoms with Crippen LogP contribution in [0.1, 0.15) is 26.7 Å². The van der Waals surface area contributed by atoms with Crippen LogP contribution in [0.15, 0.2) is 0 Å². The van der Waals surface area contributed by atoms with Crippen molar-refractivity contribution in [1.29, 1.82) is 0 Å². The van der Waals surface area contributed by atoms with E-state index in [1.54, 1.807) is 0 Å². The number of hydrogen-bond donors (Lipinski definition) is 0. The zero-order valence-corrected chi connectivity index (χ0v) is 6.41. The molecule has 1 atom stereocenters. The minimum atomic E-state index is 0.196. The quantitative estimate of drug-likeness (QED) is 0.384. The molecule has 0 radical (unpaired) electrons. The van der Waals surface area contributed by atoms with Gasteiger partial charge in [-0.1, -0.05) is 32.6 Å². The summed E-state index contributed by atoms with van der Waals surface area (Å²) in [5, 5.41) is 0. The molecule has 0 bridgehead atoms. The molecule has 1 heteroatoms. The molecule has 0 aromatic rings. The van der Waals surface area contributed by atoms with E-state index in [2.05, 4.69) is 20.7 Å². The second-order valence-electron chi connectivity index (χ2n) is 2.80. The summed E-state index contributed by atoms with van der Waals surface area (Å²) in [6.07, 6.45) is 4.17. The first kappa shape index (κ1) is 7.93. The normalized spacial score (nSPS) is 13.8. The molecule has 0 aliphatic rings. The minimum absolute atomic E-state index is 0.196. The topological polar surface area (TPSA) is 0 Å². The van der Waals surface area contributed by atoms with Crippen LogP contribution < -0.4 is 0 Å². The third-order valence-corrected chi connectivity index (χ3v) is 1.77. The Bertz CT molecular complexity index is 37.7. The third-order valence-electron chi connectivity index (χ3n) is 1.77. The van der Waals surface area contributed by atoms with Gasteiger partial charge in [0.25, 0.3) is 0 Å². The van der Waals surface area contributed by atoms with E-state index in [1.807, 2.05) is 0 Å². The van der Waals surface area contributed by atoms with Crippen LogP contribution in [0.3, 0.4) is 0 Å². The molecule has 8 heavy (non-hydrogen) atoms. The van der Waals surface area contributed by atoms with Crippen LogP contribution in [-0.2, 0) is 0 Å². The first-order chi connectivity index (χ1) is 3.81. The van der Waals surface area contributed by atoms with Gasteiger partial charge in [0.15, 0.2) is 7.28 Å². The Morgan fingerprint density at radius 2 is 2.25 bits per heavy atom. The highest BCUT2D eigenvalue weighted by Gasteiger charge is 1.95. The fourth-order valence-electron chi connectivity index (χ4n) is 1.19. The van der Waals surface area contributed by atoms with Gasteiger partial charge in [-0.2, -0.15) is 0 Å². The lowest BCUT2D eigenvalue weighted by Gasteiger charge is -2.06. The summed E-state index contributed by atoms with van der Waals surface area (Å²) in [4.78, 5) is 0. The van der Waals surface area contributed by atoms with Crippen LogP contribution >= 0.6 is 0 Å². The van der Waals surface area contributed by atoms with Crippen LogP contribution in [-0.4, -0.2) is 7.28 Å². The van der Waals surface area contributed by atoms with Crippen LogP contribution in [0.5, 0.6) is 0 Å². The Morgan fingerprint density at radius 3 is 2.62 bits per heavy atom. The maximum Gasteiger partial charge on any atom is 0.166 e. The summed E-state index contributed by atoms with van der Waals surface area (Å²) >= 11 is 0. The second kappa shape index (κ2) is 5.08. The summed E-state index contributed by atoms with van der Waals surface area (Å²) in [6, 6.07) is 0. The smallest absolute Gasteiger partial charge is 0.140 e. The van der Waals surface area contributed by atoms with Crippen LogP contribution in [0.4, 0.5) is 0 Å². The summed E-state index contributed by atoms with van der Waals surface area (Å²) in [5.41, 5.74) is 0. The molecule has 0 saturated carbocycles. The number of hydrogen-bond acceptors (Lipinski definition) is 0. The Balaban J connectivity index is 2.92. The monoisotopic (exact) mass is 112 g/mol. The van der Waals surface area contributed by atoms with E-state index >= 15 is 0 Å². The van der Waals surface area contributed by atoms with Gasteiger partial charge in [-0.15, -0.1) is 13.1 Å². The zero-order valence-electron chi connectivity index (χ0n) is 6.41. The Morgan fingerprint density at radius 1 is 1.62 bits per heavy atom. The summed E-state index contributed by atoms with van der Waals surface area (Å²) < 4.78 is 0. The predicted molar refractivity (Wildman–Crippen MR) is 42.8 cm³/mol. The minimum Gasteiger partial charge on any atom is -0.140 e. The highest BCUT2D eigenvalue weighted by molar-refractivity contribution is 6.37. The molecule has 0 rings (SSSR count). The third kappa shape index (κ3) is 4.10. The average molecular weight is 112 g/mol. The van der Waals surface area contributed by atoms with Crippen molar-refractivity contribution in [3.8, 4) is 0 Å². The Kier molecular flexibility index (Phi) is 5.04. The molecule has 0 aromatic heterocycles. The first-order valence-electron chi connectivity index (χ1n) is 4.02. The van der Waals surface area contributed by atoms with Crippen molar-refractivity contribution in [2.45, 2.75) is 33.0 Å². The van der Waals surface area contributed by atoms with E-state index in [0.717, 1.165) is 5.92 Å². The van der Waals surface area contributed by atoms with E-state index in [-0.39, 0.29) is 7.28 Å². The number of rotatable bonds is 4. The molecular weight excluding hydrogens is 94.9 g/mol. The van der Waals surface area contributed by atoms with Crippen molar-refractivity contribution in [2.75, 3.05) is 0 Å². The molecule has 0 aliphatic carbocycles. The van der Waals surface area contributed by atoms with Gasteiger partial charge in [0.1, 0.15) is 0 Å². The lowest BCUT2D eigenvalue weighted by molar-refractivity contribution is 0.574. The molecule has 0 heterocycles. The second-order valence-corrected chi connectivity index (χ2v) is 2.80. The molecule has 0 fully saturated rings. The fourth-order valence-corrected chi connectivity index (χ4v) is 1.19. The predicted octanol–water partition coefficient (Wildman–Crippen LogP) is 1.80. The largest absolute Gasteiger partial charge is 0.166 e. The van der Waals surface area contributed by atoms with E-state index in [9.17, 15) is 0 Å². The molecule has 0 saturated heterocycles. The molecule has 0 aliphatic heterocycles. The van der Waals surface area contributed by atoms with Crippen molar-refractivity contribution in [3.05, 3.63) is 6.82 Å². The Hall–Kier alpha value is -0.0651. The van der Waals surface area contributed by atoms with Gasteiger partial charge in [-0.05, 0) is 0 Å². The average Bonchev–Trinajstić information content (AvgIpc) is 1.68. The van der Waals surface area contributed by atoms with Gasteiger partial charge in [-0.25, -0.2) is 0 Å². The molecule has 48 valence electrons. The van der Waals surface area contributed by atoms with Crippen molar-refractivity contribution in [1.82, 2.24) is 0 Å². The summed E-state index contributed by atoms with van der Waals surface area (Å²) in [7, 11) is 0.196. The fraction of sp³-hybridized carbons (Fsp3) is 0.857. The molecule has 0 nitrogen and oxygen atoms in total. The van der Waals surface area contributed by atoms with E-state index < -0.39 is 0 Å². The van der Waals surface area contributed by atoms with Crippen LogP contribution in [0.2, 0.25) is 6.32 Å². The lowest BCUT2D eigenvalue weighted by Crippen LogP contribution is -1.95. The molecule has 0 N–H and O–H groups in total. The zero-order chi connectivity index (χ0) is 6.41. The van der Waals surface area contributed by atoms with Gasteiger partial charge in [0.05, 0.1) is 0 Å². The SMILES string of the molecule is [CH2+][BH2-]CC(C)CCC. The maximum absolute atomic E-state index is 3.93. The maximum atomic E-state index is 3.93. The van der Waals surface area contributed by atoms with Crippen molar-refractivity contribution < 1.29 is 0 Å². The van der Waals surface area contributed by atoms with E-state index in [1.165, 1.54) is 19.2 Å². The Labute approximate surface area is 53.9 Å². The van der Waals surface area contributed by atoms with E-state index in [4.69, 9.17) is 0 Å². The van der Waals surface area contributed by atoms with Crippen LogP contribution in [0.25, 0.3) is 0 Å². The van der Waals surface area contributed by atoms with Gasteiger partial charge in [0, 0.05) is 0 Å². The summed E-state index contributed by atoms with van der Waals surface area (Å²) in [6.45, 7) is 8.51. The van der Waals surface area contributed by atoms with Gasteiger partial charge >= 0.3 is 0 Å². The lowest BCUT2D eigenvalue weighted by atomic mass is 9.72. The molecule has 0 spiro atoms. The molecule has 1 unspecified atom stereocenters. The molecule has 0 amide bonds. The van der Waals surface area contributed by atoms with Crippen molar-refractivity contribution >= 4 is 7.28 Å². The first-order valence-corrected chi connectivity index (χ1v) is 4.02. The van der Waals surface area contributed by atoms with Gasteiger partial charge < -0.3 is 0 Å². The van der Waals surface area contributed by atoms with E-state index in [0.29, 0.717) is 0 Å². The van der Waals surface area contributed by atoms with Crippen molar-refractivity contribution in [3.63, 3.8) is 0 Å². The molecular formula is C7H17B. The molecule has 0 aromatic carbocycles. The van der Waals surface area contributed by atoms with Crippen molar-refractivity contribution in [2.24, 2.45) is 5.92 Å². The van der Waals surface area contributed by atoms with Crippen LogP contribution in [0, 0.1) is 12.7 Å². The highest BCUT2D eigenvalue weighted by Crippen LogP contribution is 2.08. The highest BCUT2D eigenvalue weighted by atomic mass is 14.0.